The molecule has 1 saturated carbocycles. The van der Waals surface area contributed by atoms with Crippen molar-refractivity contribution in [2.45, 2.75) is 19.8 Å². The van der Waals surface area contributed by atoms with Gasteiger partial charge in [0.25, 0.3) is 5.91 Å². The van der Waals surface area contributed by atoms with Crippen molar-refractivity contribution in [1.29, 1.82) is 0 Å². The van der Waals surface area contributed by atoms with Gasteiger partial charge >= 0.3 is 0 Å². The van der Waals surface area contributed by atoms with E-state index in [9.17, 15) is 9.59 Å². The van der Waals surface area contributed by atoms with Crippen LogP contribution in [0.25, 0.3) is 0 Å². The van der Waals surface area contributed by atoms with E-state index in [1.165, 1.54) is 6.20 Å². The molecule has 0 N–H and O–H groups in total. The fraction of sp³-hybridized carbons (Fsp3) is 0.647. The maximum atomic E-state index is 12.7. The summed E-state index contributed by atoms with van der Waals surface area (Å²) in [4.78, 5) is 37.3. The zero-order valence-electron chi connectivity index (χ0n) is 13.9. The second kappa shape index (κ2) is 5.81. The molecule has 3 heterocycles. The number of likely N-dealkylation sites (tertiary alicyclic amines) is 1. The van der Waals surface area contributed by atoms with Gasteiger partial charge in [0.05, 0.1) is 25.1 Å². The van der Waals surface area contributed by atoms with Crippen molar-refractivity contribution in [1.82, 2.24) is 19.8 Å². The quantitative estimate of drug-likeness (QED) is 0.789. The van der Waals surface area contributed by atoms with Crippen molar-refractivity contribution in [2.24, 2.45) is 11.3 Å². The first-order valence-corrected chi connectivity index (χ1v) is 8.53. The molecule has 128 valence electrons. The Kier molecular flexibility index (Phi) is 3.75. The Morgan fingerprint density at radius 3 is 2.67 bits per heavy atom. The van der Waals surface area contributed by atoms with Crippen LogP contribution in [0.15, 0.2) is 12.4 Å². The van der Waals surface area contributed by atoms with Crippen LogP contribution in [0.2, 0.25) is 0 Å². The van der Waals surface area contributed by atoms with Gasteiger partial charge < -0.3 is 14.5 Å². The number of morpholine rings is 1. The molecule has 7 nitrogen and oxygen atoms in total. The molecule has 1 aliphatic carbocycles. The Hall–Kier alpha value is -2.02. The lowest BCUT2D eigenvalue weighted by Gasteiger charge is -2.27. The van der Waals surface area contributed by atoms with E-state index in [4.69, 9.17) is 4.74 Å². The van der Waals surface area contributed by atoms with Crippen LogP contribution in [0.5, 0.6) is 0 Å². The fourth-order valence-corrected chi connectivity index (χ4v) is 3.89. The summed E-state index contributed by atoms with van der Waals surface area (Å²) >= 11 is 0. The first kappa shape index (κ1) is 15.5. The molecule has 0 radical (unpaired) electrons. The topological polar surface area (TPSA) is 75.6 Å². The molecule has 2 amide bonds. The molecule has 1 aromatic rings. The summed E-state index contributed by atoms with van der Waals surface area (Å²) in [5, 5.41) is 0. The summed E-state index contributed by atoms with van der Waals surface area (Å²) in [5.41, 5.74) is 1.17. The molecule has 2 atom stereocenters. The molecule has 3 fully saturated rings. The number of ether oxygens (including phenoxy) is 1. The van der Waals surface area contributed by atoms with Crippen LogP contribution in [0, 0.1) is 18.3 Å². The Balaban J connectivity index is 1.39. The minimum atomic E-state index is -0.0798. The van der Waals surface area contributed by atoms with E-state index in [2.05, 4.69) is 9.97 Å². The lowest BCUT2D eigenvalue weighted by Crippen LogP contribution is -2.42. The number of carbonyl (C=O) groups is 2. The van der Waals surface area contributed by atoms with Gasteiger partial charge in [-0.3, -0.25) is 14.6 Å². The normalized spacial score (nSPS) is 29.1. The Labute approximate surface area is 141 Å². The number of hydrogen-bond acceptors (Lipinski definition) is 5. The lowest BCUT2D eigenvalue weighted by molar-refractivity contribution is -0.137. The molecule has 2 saturated heterocycles. The van der Waals surface area contributed by atoms with Crippen LogP contribution in [0.4, 0.5) is 0 Å². The molecule has 0 aromatic carbocycles. The largest absolute Gasteiger partial charge is 0.378 e. The van der Waals surface area contributed by atoms with Crippen LogP contribution in [-0.4, -0.2) is 71.0 Å². The van der Waals surface area contributed by atoms with Gasteiger partial charge in [-0.1, -0.05) is 0 Å². The number of aromatic nitrogens is 2. The van der Waals surface area contributed by atoms with Crippen LogP contribution in [0.1, 0.15) is 29.0 Å². The lowest BCUT2D eigenvalue weighted by atomic mass is 10.0. The molecular weight excluding hydrogens is 308 g/mol. The second-order valence-electron chi connectivity index (χ2n) is 7.08. The maximum absolute atomic E-state index is 12.7. The zero-order valence-corrected chi connectivity index (χ0v) is 13.9. The zero-order chi connectivity index (χ0) is 16.7. The van der Waals surface area contributed by atoms with Crippen LogP contribution in [-0.2, 0) is 9.53 Å². The third-order valence-corrected chi connectivity index (χ3v) is 5.48. The summed E-state index contributed by atoms with van der Waals surface area (Å²) in [5.74, 6) is 0.226. The molecule has 1 aromatic heterocycles. The minimum absolute atomic E-state index is 0.0107. The van der Waals surface area contributed by atoms with Crippen molar-refractivity contribution in [3.05, 3.63) is 23.8 Å². The fourth-order valence-electron chi connectivity index (χ4n) is 3.89. The number of carbonyl (C=O) groups excluding carboxylic acids is 2. The third kappa shape index (κ3) is 2.66. The van der Waals surface area contributed by atoms with Crippen molar-refractivity contribution in [3.8, 4) is 0 Å². The highest BCUT2D eigenvalue weighted by molar-refractivity contribution is 5.92. The first-order chi connectivity index (χ1) is 11.6. The number of aryl methyl sites for hydroxylation is 1. The molecule has 24 heavy (non-hydrogen) atoms. The van der Waals surface area contributed by atoms with Crippen molar-refractivity contribution < 1.29 is 14.3 Å². The molecule has 2 aliphatic heterocycles. The van der Waals surface area contributed by atoms with Gasteiger partial charge in [0.1, 0.15) is 5.69 Å². The first-order valence-electron chi connectivity index (χ1n) is 8.53. The predicted molar refractivity (Wildman–Crippen MR) is 85.2 cm³/mol. The molecule has 1 spiro atoms. The standard InChI is InChI=1S/C17H22N4O3/c1-12-9-19-14(10-18-12)16(23)21-3-2-17(11-21)8-13(17)15(22)20-4-6-24-7-5-20/h9-10,13H,2-8,11H2,1H3/t13-,17-/m0/s1. The Bertz CT molecular complexity index is 656. The predicted octanol–water partition coefficient (Wildman–Crippen LogP) is 0.496. The van der Waals surface area contributed by atoms with Gasteiger partial charge in [0.15, 0.2) is 0 Å². The number of hydrogen-bond donors (Lipinski definition) is 0. The second-order valence-corrected chi connectivity index (χ2v) is 7.08. The van der Waals surface area contributed by atoms with E-state index in [0.717, 1.165) is 18.5 Å². The van der Waals surface area contributed by atoms with Gasteiger partial charge in [-0.25, -0.2) is 4.98 Å². The highest BCUT2D eigenvalue weighted by atomic mass is 16.5. The van der Waals surface area contributed by atoms with E-state index in [-0.39, 0.29) is 23.1 Å². The summed E-state index contributed by atoms with van der Waals surface area (Å²) in [7, 11) is 0. The van der Waals surface area contributed by atoms with Crippen molar-refractivity contribution >= 4 is 11.8 Å². The number of rotatable bonds is 2. The van der Waals surface area contributed by atoms with E-state index in [1.54, 1.807) is 6.20 Å². The molecule has 3 aliphatic rings. The average molecular weight is 330 g/mol. The SMILES string of the molecule is Cc1cnc(C(=O)N2CC[C@]3(C[C@H]3C(=O)N3CCOCC3)C2)cn1. The monoisotopic (exact) mass is 330 g/mol. The molecular formula is C17H22N4O3. The maximum Gasteiger partial charge on any atom is 0.274 e. The summed E-state index contributed by atoms with van der Waals surface area (Å²) in [6.07, 6.45) is 4.94. The Morgan fingerprint density at radius 1 is 1.17 bits per heavy atom. The van der Waals surface area contributed by atoms with Gasteiger partial charge in [-0.2, -0.15) is 0 Å². The third-order valence-electron chi connectivity index (χ3n) is 5.48. The van der Waals surface area contributed by atoms with Crippen molar-refractivity contribution in [2.75, 3.05) is 39.4 Å². The van der Waals surface area contributed by atoms with Crippen molar-refractivity contribution in [3.63, 3.8) is 0 Å². The van der Waals surface area contributed by atoms with Gasteiger partial charge in [0.2, 0.25) is 5.91 Å². The highest BCUT2D eigenvalue weighted by Gasteiger charge is 2.62. The molecule has 4 rings (SSSR count). The van der Waals surface area contributed by atoms with E-state index >= 15 is 0 Å². The minimum Gasteiger partial charge on any atom is -0.378 e. The van der Waals surface area contributed by atoms with Gasteiger partial charge in [-0.05, 0) is 19.8 Å². The van der Waals surface area contributed by atoms with E-state index < -0.39 is 0 Å². The van der Waals surface area contributed by atoms with Gasteiger partial charge in [0, 0.05) is 43.7 Å². The smallest absolute Gasteiger partial charge is 0.274 e. The molecule has 7 heteroatoms. The van der Waals surface area contributed by atoms with Crippen LogP contribution < -0.4 is 0 Å². The van der Waals surface area contributed by atoms with Gasteiger partial charge in [-0.15, -0.1) is 0 Å². The number of nitrogens with zero attached hydrogens (tertiary/aromatic N) is 4. The summed E-state index contributed by atoms with van der Waals surface area (Å²) in [6, 6.07) is 0. The average Bonchev–Trinajstić information content (AvgIpc) is 3.15. The number of amides is 2. The van der Waals surface area contributed by atoms with E-state index in [1.807, 2.05) is 16.7 Å². The highest BCUT2D eigenvalue weighted by Crippen LogP contribution is 2.59. The molecule has 0 unspecified atom stereocenters. The Morgan fingerprint density at radius 2 is 1.96 bits per heavy atom. The summed E-state index contributed by atoms with van der Waals surface area (Å²) < 4.78 is 5.31. The van der Waals surface area contributed by atoms with Crippen LogP contribution >= 0.6 is 0 Å². The molecule has 0 bridgehead atoms. The van der Waals surface area contributed by atoms with Crippen LogP contribution in [0.3, 0.4) is 0 Å². The summed E-state index contributed by atoms with van der Waals surface area (Å²) in [6.45, 7) is 5.83. The van der Waals surface area contributed by atoms with E-state index in [0.29, 0.717) is 45.1 Å².